The quantitative estimate of drug-likeness (QED) is 0.549. The summed E-state index contributed by atoms with van der Waals surface area (Å²) in [6.45, 7) is 0. The summed E-state index contributed by atoms with van der Waals surface area (Å²) in [5, 5.41) is 2.84. The maximum absolute atomic E-state index is 12.2. The highest BCUT2D eigenvalue weighted by molar-refractivity contribution is 9.10. The first-order valence-electron chi connectivity index (χ1n) is 6.90. The Labute approximate surface area is 134 Å². The fraction of sp³-hybridized carbons (Fsp3) is 0. The van der Waals surface area contributed by atoms with E-state index in [0.717, 1.165) is 20.8 Å². The van der Waals surface area contributed by atoms with Gasteiger partial charge in [0.25, 0.3) is 5.56 Å². The predicted molar refractivity (Wildman–Crippen MR) is 93.0 cm³/mol. The minimum atomic E-state index is -0.118. The largest absolute Gasteiger partial charge is 0.306 e. The molecule has 3 nitrogen and oxygen atoms in total. The third kappa shape index (κ3) is 2.12. The van der Waals surface area contributed by atoms with Crippen molar-refractivity contribution in [3.05, 3.63) is 75.5 Å². The molecule has 3 aromatic carbocycles. The van der Waals surface area contributed by atoms with Crippen LogP contribution in [0.25, 0.3) is 33.1 Å². The summed E-state index contributed by atoms with van der Waals surface area (Å²) >= 11 is 3.57. The standard InChI is InChI=1S/C18H11BrN2O/c19-15-6-3-4-11-8-9-12(10-14(11)15)17-20-16-7-2-1-5-13(16)18(22)21-17/h1-10H,(H,20,21,22). The molecular formula is C18H11BrN2O. The number of nitrogens with zero attached hydrogens (tertiary/aromatic N) is 1. The molecule has 22 heavy (non-hydrogen) atoms. The molecule has 0 amide bonds. The van der Waals surface area contributed by atoms with Crippen molar-refractivity contribution in [2.45, 2.75) is 0 Å². The van der Waals surface area contributed by atoms with Crippen molar-refractivity contribution < 1.29 is 0 Å². The lowest BCUT2D eigenvalue weighted by Gasteiger charge is -2.06. The Hall–Kier alpha value is -2.46. The first kappa shape index (κ1) is 13.2. The number of halogens is 1. The number of aromatic nitrogens is 2. The van der Waals surface area contributed by atoms with Crippen LogP contribution in [0.4, 0.5) is 0 Å². The second kappa shape index (κ2) is 5.07. The smallest absolute Gasteiger partial charge is 0.259 e. The maximum Gasteiger partial charge on any atom is 0.259 e. The van der Waals surface area contributed by atoms with Gasteiger partial charge in [-0.1, -0.05) is 52.3 Å². The van der Waals surface area contributed by atoms with Gasteiger partial charge in [0.1, 0.15) is 5.82 Å². The van der Waals surface area contributed by atoms with Crippen LogP contribution in [0.3, 0.4) is 0 Å². The van der Waals surface area contributed by atoms with Crippen molar-refractivity contribution in [1.82, 2.24) is 9.97 Å². The molecule has 0 aliphatic carbocycles. The molecule has 0 saturated heterocycles. The van der Waals surface area contributed by atoms with Gasteiger partial charge in [0.15, 0.2) is 0 Å². The van der Waals surface area contributed by atoms with Crippen LogP contribution in [-0.4, -0.2) is 9.97 Å². The van der Waals surface area contributed by atoms with E-state index in [1.165, 1.54) is 0 Å². The third-order valence-electron chi connectivity index (χ3n) is 3.72. The Kier molecular flexibility index (Phi) is 3.05. The fourth-order valence-electron chi connectivity index (χ4n) is 2.60. The summed E-state index contributed by atoms with van der Waals surface area (Å²) in [5.41, 5.74) is 1.48. The number of rotatable bonds is 1. The summed E-state index contributed by atoms with van der Waals surface area (Å²) in [5.74, 6) is 0.585. The van der Waals surface area contributed by atoms with Crippen molar-refractivity contribution in [3.8, 4) is 11.4 Å². The van der Waals surface area contributed by atoms with Gasteiger partial charge in [0, 0.05) is 10.0 Å². The average molecular weight is 351 g/mol. The topological polar surface area (TPSA) is 45.8 Å². The zero-order valence-electron chi connectivity index (χ0n) is 11.5. The minimum absolute atomic E-state index is 0.118. The van der Waals surface area contributed by atoms with Gasteiger partial charge in [-0.3, -0.25) is 4.79 Å². The van der Waals surface area contributed by atoms with Gasteiger partial charge in [0.2, 0.25) is 0 Å². The average Bonchev–Trinajstić information content (AvgIpc) is 2.55. The highest BCUT2D eigenvalue weighted by atomic mass is 79.9. The van der Waals surface area contributed by atoms with Gasteiger partial charge < -0.3 is 4.98 Å². The van der Waals surface area contributed by atoms with E-state index in [2.05, 4.69) is 32.0 Å². The third-order valence-corrected chi connectivity index (χ3v) is 4.41. The summed E-state index contributed by atoms with van der Waals surface area (Å²) in [6.07, 6.45) is 0. The van der Waals surface area contributed by atoms with Crippen molar-refractivity contribution in [2.75, 3.05) is 0 Å². The molecule has 4 heteroatoms. The Balaban J connectivity index is 1.99. The SMILES string of the molecule is O=c1[nH]c(-c2ccc3cccc(Br)c3c2)nc2ccccc12. The molecule has 0 aliphatic heterocycles. The second-order valence-electron chi connectivity index (χ2n) is 5.11. The van der Waals surface area contributed by atoms with Crippen molar-refractivity contribution in [1.29, 1.82) is 0 Å². The maximum atomic E-state index is 12.2. The minimum Gasteiger partial charge on any atom is -0.306 e. The van der Waals surface area contributed by atoms with E-state index in [1.807, 2.05) is 48.5 Å². The van der Waals surface area contributed by atoms with Crippen LogP contribution < -0.4 is 5.56 Å². The zero-order valence-corrected chi connectivity index (χ0v) is 13.1. The van der Waals surface area contributed by atoms with Gasteiger partial charge in [-0.15, -0.1) is 0 Å². The van der Waals surface area contributed by atoms with E-state index in [1.54, 1.807) is 6.07 Å². The Morgan fingerprint density at radius 3 is 2.68 bits per heavy atom. The number of hydrogen-bond acceptors (Lipinski definition) is 2. The molecule has 0 radical (unpaired) electrons. The lowest BCUT2D eigenvalue weighted by molar-refractivity contribution is 1.18. The van der Waals surface area contributed by atoms with Crippen LogP contribution in [0.15, 0.2) is 69.9 Å². The monoisotopic (exact) mass is 350 g/mol. The number of benzene rings is 3. The van der Waals surface area contributed by atoms with Crippen LogP contribution in [0.5, 0.6) is 0 Å². The van der Waals surface area contributed by atoms with E-state index in [0.29, 0.717) is 16.7 Å². The zero-order chi connectivity index (χ0) is 15.1. The summed E-state index contributed by atoms with van der Waals surface area (Å²) < 4.78 is 1.02. The number of hydrogen-bond donors (Lipinski definition) is 1. The van der Waals surface area contributed by atoms with E-state index >= 15 is 0 Å². The highest BCUT2D eigenvalue weighted by Crippen LogP contribution is 2.28. The molecule has 0 fully saturated rings. The van der Waals surface area contributed by atoms with E-state index < -0.39 is 0 Å². The molecule has 1 heterocycles. The molecule has 0 spiro atoms. The molecule has 1 N–H and O–H groups in total. The Morgan fingerprint density at radius 1 is 0.909 bits per heavy atom. The number of para-hydroxylation sites is 1. The second-order valence-corrected chi connectivity index (χ2v) is 5.96. The number of fused-ring (bicyclic) bond motifs is 2. The summed E-state index contributed by atoms with van der Waals surface area (Å²) in [7, 11) is 0. The summed E-state index contributed by atoms with van der Waals surface area (Å²) in [4.78, 5) is 19.6. The molecule has 4 rings (SSSR count). The molecular weight excluding hydrogens is 340 g/mol. The molecule has 0 saturated carbocycles. The predicted octanol–water partition coefficient (Wildman–Crippen LogP) is 4.51. The van der Waals surface area contributed by atoms with Crippen LogP contribution in [-0.2, 0) is 0 Å². The van der Waals surface area contributed by atoms with Gasteiger partial charge in [-0.05, 0) is 35.0 Å². The van der Waals surface area contributed by atoms with E-state index in [-0.39, 0.29) is 5.56 Å². The summed E-state index contributed by atoms with van der Waals surface area (Å²) in [6, 6.07) is 19.5. The lowest BCUT2D eigenvalue weighted by atomic mass is 10.1. The van der Waals surface area contributed by atoms with Gasteiger partial charge in [-0.25, -0.2) is 4.98 Å². The first-order chi connectivity index (χ1) is 10.7. The lowest BCUT2D eigenvalue weighted by Crippen LogP contribution is -2.09. The fourth-order valence-corrected chi connectivity index (χ4v) is 3.10. The van der Waals surface area contributed by atoms with Crippen molar-refractivity contribution in [3.63, 3.8) is 0 Å². The van der Waals surface area contributed by atoms with Gasteiger partial charge in [0.05, 0.1) is 10.9 Å². The van der Waals surface area contributed by atoms with Crippen LogP contribution in [0, 0.1) is 0 Å². The highest BCUT2D eigenvalue weighted by Gasteiger charge is 2.07. The Bertz CT molecular complexity index is 1070. The number of aromatic amines is 1. The van der Waals surface area contributed by atoms with Gasteiger partial charge in [-0.2, -0.15) is 0 Å². The first-order valence-corrected chi connectivity index (χ1v) is 7.69. The number of H-pyrrole nitrogens is 1. The van der Waals surface area contributed by atoms with E-state index in [9.17, 15) is 4.79 Å². The van der Waals surface area contributed by atoms with Crippen molar-refractivity contribution in [2.24, 2.45) is 0 Å². The van der Waals surface area contributed by atoms with E-state index in [4.69, 9.17) is 0 Å². The van der Waals surface area contributed by atoms with Crippen LogP contribution in [0.1, 0.15) is 0 Å². The van der Waals surface area contributed by atoms with Gasteiger partial charge >= 0.3 is 0 Å². The normalized spacial score (nSPS) is 11.1. The van der Waals surface area contributed by atoms with Crippen LogP contribution >= 0.6 is 15.9 Å². The molecule has 106 valence electrons. The molecule has 0 atom stereocenters. The number of nitrogens with one attached hydrogen (secondary N) is 1. The molecule has 0 aliphatic rings. The molecule has 0 unspecified atom stereocenters. The Morgan fingerprint density at radius 2 is 1.77 bits per heavy atom. The van der Waals surface area contributed by atoms with Crippen LogP contribution in [0.2, 0.25) is 0 Å². The molecule has 4 aromatic rings. The molecule has 0 bridgehead atoms. The molecule has 1 aromatic heterocycles. The van der Waals surface area contributed by atoms with Crippen molar-refractivity contribution >= 4 is 37.6 Å².